The second-order valence-electron chi connectivity index (χ2n) is 15.8. The Labute approximate surface area is 295 Å². The molecular formula is C37H55N7O6. The molecule has 1 saturated heterocycles. The molecule has 13 heteroatoms. The standard InChI is InChI=1S/C37H55N7O6/c1-5-11-25(30(45)35(49)40-24-16-17-24)41-33(47)28-20-23-14-9-10-15-27(23)44(28)36(50)31(37(2,3)4)43-34(48)29(22-12-7-6-8-13-22)42-32(46)26-21-38-18-19-39-26/h18-19,21-25,27-29,31H,5-17,20H2,1-4H3,(H,40,49)(H,41,47)(H,42,46)(H,43,48)/t23?,25?,27?,28-,29-,31+/m0/s1. The van der Waals surface area contributed by atoms with Gasteiger partial charge in [0.15, 0.2) is 0 Å². The van der Waals surface area contributed by atoms with Gasteiger partial charge in [0.2, 0.25) is 23.5 Å². The minimum atomic E-state index is -0.997. The molecular weight excluding hydrogens is 638 g/mol. The van der Waals surface area contributed by atoms with Gasteiger partial charge in [-0.3, -0.25) is 33.8 Å². The molecule has 4 fully saturated rings. The lowest BCUT2D eigenvalue weighted by molar-refractivity contribution is -0.147. The number of amides is 5. The SMILES string of the molecule is CCCC(NC(=O)[C@@H]1CC2CCCCC2N1C(=O)[C@@H](NC(=O)[C@@H](NC(=O)c1cnccn1)C1CCCCC1)C(C)(C)C)C(=O)C(=O)NC1CC1. The predicted octanol–water partition coefficient (Wildman–Crippen LogP) is 2.98. The molecule has 2 heterocycles. The third kappa shape index (κ3) is 9.06. The van der Waals surface area contributed by atoms with Gasteiger partial charge in [-0.2, -0.15) is 0 Å². The normalized spacial score (nSPS) is 24.2. The predicted molar refractivity (Wildman–Crippen MR) is 185 cm³/mol. The van der Waals surface area contributed by atoms with E-state index in [4.69, 9.17) is 0 Å². The van der Waals surface area contributed by atoms with E-state index in [2.05, 4.69) is 31.2 Å². The fourth-order valence-electron chi connectivity index (χ4n) is 8.01. The Hall–Kier alpha value is -3.90. The van der Waals surface area contributed by atoms with Gasteiger partial charge >= 0.3 is 0 Å². The maximum absolute atomic E-state index is 14.8. The van der Waals surface area contributed by atoms with Crippen LogP contribution >= 0.6 is 0 Å². The number of likely N-dealkylation sites (tertiary alicyclic amines) is 1. The van der Waals surface area contributed by atoms with E-state index in [0.717, 1.165) is 70.6 Å². The van der Waals surface area contributed by atoms with Gasteiger partial charge < -0.3 is 26.2 Å². The van der Waals surface area contributed by atoms with Crippen LogP contribution in [0.3, 0.4) is 0 Å². The van der Waals surface area contributed by atoms with Crippen LogP contribution in [0.25, 0.3) is 0 Å². The van der Waals surface area contributed by atoms with Gasteiger partial charge in [-0.1, -0.05) is 66.2 Å². The van der Waals surface area contributed by atoms with Crippen LogP contribution in [0.4, 0.5) is 0 Å². The van der Waals surface area contributed by atoms with Crippen LogP contribution in [0.1, 0.15) is 128 Å². The summed E-state index contributed by atoms with van der Waals surface area (Å²) in [6, 6.07) is -3.89. The van der Waals surface area contributed by atoms with E-state index in [1.807, 2.05) is 27.7 Å². The summed E-state index contributed by atoms with van der Waals surface area (Å²) >= 11 is 0. The molecule has 274 valence electrons. The molecule has 4 aliphatic rings. The largest absolute Gasteiger partial charge is 0.347 e. The summed E-state index contributed by atoms with van der Waals surface area (Å²) in [6.45, 7) is 7.52. The fourth-order valence-corrected chi connectivity index (χ4v) is 8.01. The van der Waals surface area contributed by atoms with Crippen LogP contribution in [0.15, 0.2) is 18.6 Å². The number of hydrogen-bond donors (Lipinski definition) is 4. The topological polar surface area (TPSA) is 180 Å². The number of ketones is 1. The van der Waals surface area contributed by atoms with Crippen molar-refractivity contribution in [3.8, 4) is 0 Å². The summed E-state index contributed by atoms with van der Waals surface area (Å²) < 4.78 is 0. The Bertz CT molecular complexity index is 1400. The van der Waals surface area contributed by atoms with Gasteiger partial charge in [0.05, 0.1) is 12.2 Å². The molecule has 0 spiro atoms. The number of Topliss-reactive ketones (excluding diaryl/α,β-unsaturated/α-hetero) is 1. The highest BCUT2D eigenvalue weighted by molar-refractivity contribution is 6.38. The molecule has 6 atom stereocenters. The third-order valence-electron chi connectivity index (χ3n) is 10.9. The van der Waals surface area contributed by atoms with Crippen molar-refractivity contribution < 1.29 is 28.8 Å². The monoisotopic (exact) mass is 693 g/mol. The van der Waals surface area contributed by atoms with E-state index >= 15 is 0 Å². The summed E-state index contributed by atoms with van der Waals surface area (Å²) in [4.78, 5) is 91.9. The first-order valence-corrected chi connectivity index (χ1v) is 18.7. The molecule has 5 rings (SSSR count). The molecule has 3 aliphatic carbocycles. The quantitative estimate of drug-likeness (QED) is 0.228. The molecule has 13 nitrogen and oxygen atoms in total. The van der Waals surface area contributed by atoms with Crippen LogP contribution in [0.2, 0.25) is 0 Å². The van der Waals surface area contributed by atoms with Crippen molar-refractivity contribution >= 4 is 35.3 Å². The molecule has 3 unspecified atom stereocenters. The third-order valence-corrected chi connectivity index (χ3v) is 10.9. The zero-order valence-corrected chi connectivity index (χ0v) is 30.0. The lowest BCUT2D eigenvalue weighted by Crippen LogP contribution is -2.63. The molecule has 0 aromatic carbocycles. The molecule has 4 N–H and O–H groups in total. The molecule has 1 aromatic heterocycles. The zero-order chi connectivity index (χ0) is 36.0. The molecule has 3 saturated carbocycles. The molecule has 0 radical (unpaired) electrons. The van der Waals surface area contributed by atoms with E-state index < -0.39 is 59.0 Å². The number of fused-ring (bicyclic) bond motifs is 1. The van der Waals surface area contributed by atoms with E-state index in [1.54, 1.807) is 4.90 Å². The second-order valence-corrected chi connectivity index (χ2v) is 15.8. The van der Waals surface area contributed by atoms with Crippen molar-refractivity contribution in [1.29, 1.82) is 0 Å². The van der Waals surface area contributed by atoms with Crippen LogP contribution in [0, 0.1) is 17.3 Å². The summed E-state index contributed by atoms with van der Waals surface area (Å²) in [5.41, 5.74) is -0.641. The number of hydrogen-bond acceptors (Lipinski definition) is 8. The first-order valence-electron chi connectivity index (χ1n) is 18.7. The highest BCUT2D eigenvalue weighted by Crippen LogP contribution is 2.41. The van der Waals surface area contributed by atoms with Gasteiger partial charge in [-0.25, -0.2) is 4.98 Å². The van der Waals surface area contributed by atoms with Crippen LogP contribution in [-0.2, 0) is 24.0 Å². The second kappa shape index (κ2) is 16.4. The molecule has 50 heavy (non-hydrogen) atoms. The number of carbonyl (C=O) groups is 6. The maximum atomic E-state index is 14.8. The van der Waals surface area contributed by atoms with Gasteiger partial charge in [0, 0.05) is 24.5 Å². The Morgan fingerprint density at radius 3 is 2.22 bits per heavy atom. The van der Waals surface area contributed by atoms with Crippen molar-refractivity contribution in [1.82, 2.24) is 36.1 Å². The maximum Gasteiger partial charge on any atom is 0.289 e. The van der Waals surface area contributed by atoms with Crippen molar-refractivity contribution in [2.45, 2.75) is 154 Å². The first-order chi connectivity index (χ1) is 23.9. The summed E-state index contributed by atoms with van der Waals surface area (Å²) in [5, 5.41) is 11.5. The minimum Gasteiger partial charge on any atom is -0.347 e. The smallest absolute Gasteiger partial charge is 0.289 e. The number of rotatable bonds is 13. The summed E-state index contributed by atoms with van der Waals surface area (Å²) in [7, 11) is 0. The molecule has 5 amide bonds. The van der Waals surface area contributed by atoms with Crippen LogP contribution in [0.5, 0.6) is 0 Å². The van der Waals surface area contributed by atoms with Gasteiger partial charge in [0.25, 0.3) is 11.8 Å². The highest BCUT2D eigenvalue weighted by atomic mass is 16.2. The summed E-state index contributed by atoms with van der Waals surface area (Å²) in [6.07, 6.45) is 15.3. The van der Waals surface area contributed by atoms with Crippen molar-refractivity contribution in [3.63, 3.8) is 0 Å². The average Bonchev–Trinajstić information content (AvgIpc) is 3.84. The van der Waals surface area contributed by atoms with Gasteiger partial charge in [0.1, 0.15) is 23.8 Å². The summed E-state index contributed by atoms with van der Waals surface area (Å²) in [5.74, 6) is -3.12. The number of nitrogens with one attached hydrogen (secondary N) is 4. The fraction of sp³-hybridized carbons (Fsp3) is 0.730. The Morgan fingerprint density at radius 2 is 1.58 bits per heavy atom. The van der Waals surface area contributed by atoms with E-state index in [9.17, 15) is 28.8 Å². The van der Waals surface area contributed by atoms with Crippen LogP contribution < -0.4 is 21.3 Å². The molecule has 1 aliphatic heterocycles. The lowest BCUT2D eigenvalue weighted by atomic mass is 9.81. The van der Waals surface area contributed by atoms with Gasteiger partial charge in [-0.15, -0.1) is 0 Å². The average molecular weight is 694 g/mol. The minimum absolute atomic E-state index is 0.0121. The zero-order valence-electron chi connectivity index (χ0n) is 30.0. The lowest BCUT2D eigenvalue weighted by Gasteiger charge is -2.40. The van der Waals surface area contributed by atoms with Crippen LogP contribution in [-0.4, -0.2) is 86.4 Å². The molecule has 0 bridgehead atoms. The van der Waals surface area contributed by atoms with E-state index in [-0.39, 0.29) is 35.5 Å². The van der Waals surface area contributed by atoms with Crippen molar-refractivity contribution in [3.05, 3.63) is 24.3 Å². The first kappa shape index (κ1) is 37.4. The van der Waals surface area contributed by atoms with Gasteiger partial charge in [-0.05, 0) is 68.6 Å². The van der Waals surface area contributed by atoms with E-state index in [1.165, 1.54) is 18.6 Å². The molecule has 1 aromatic rings. The number of nitrogens with zero attached hydrogens (tertiary/aromatic N) is 3. The Kier molecular flexibility index (Phi) is 12.3. The Morgan fingerprint density at radius 1 is 0.880 bits per heavy atom. The Balaban J connectivity index is 1.38. The van der Waals surface area contributed by atoms with E-state index in [0.29, 0.717) is 19.3 Å². The van der Waals surface area contributed by atoms with Crippen molar-refractivity contribution in [2.24, 2.45) is 17.3 Å². The van der Waals surface area contributed by atoms with Crippen molar-refractivity contribution in [2.75, 3.05) is 0 Å². The highest BCUT2D eigenvalue weighted by Gasteiger charge is 2.51. The number of aromatic nitrogens is 2. The number of carbonyl (C=O) groups excluding carboxylic acids is 6.